The fraction of sp³-hybridized carbons (Fsp3) is 0.625. The molecule has 0 aliphatic carbocycles. The van der Waals surface area contributed by atoms with Crippen molar-refractivity contribution in [3.05, 3.63) is 29.6 Å². The SMILES string of the molecule is C[C@@H](O)c1ccc(N2CCC(N3CCOCC3)C2)c(F)c1. The Morgan fingerprint density at radius 3 is 2.71 bits per heavy atom. The highest BCUT2D eigenvalue weighted by molar-refractivity contribution is 5.50. The number of morpholine rings is 1. The van der Waals surface area contributed by atoms with E-state index in [1.807, 2.05) is 6.07 Å². The van der Waals surface area contributed by atoms with Gasteiger partial charge < -0.3 is 14.7 Å². The lowest BCUT2D eigenvalue weighted by Crippen LogP contribution is -2.44. The van der Waals surface area contributed by atoms with Crippen molar-refractivity contribution in [2.24, 2.45) is 0 Å². The van der Waals surface area contributed by atoms with Crippen molar-refractivity contribution in [1.29, 1.82) is 0 Å². The zero-order chi connectivity index (χ0) is 14.8. The van der Waals surface area contributed by atoms with Gasteiger partial charge in [0.25, 0.3) is 0 Å². The van der Waals surface area contributed by atoms with Crippen molar-refractivity contribution in [2.75, 3.05) is 44.3 Å². The molecule has 2 heterocycles. The van der Waals surface area contributed by atoms with Gasteiger partial charge in [0.05, 0.1) is 25.0 Å². The standard InChI is InChI=1S/C16H23FN2O2/c1-12(20)13-2-3-16(15(17)10-13)19-5-4-14(11-19)18-6-8-21-9-7-18/h2-3,10,12,14,20H,4-9,11H2,1H3/t12-,14?/m1/s1. The van der Waals surface area contributed by atoms with Crippen molar-refractivity contribution in [3.8, 4) is 0 Å². The summed E-state index contributed by atoms with van der Waals surface area (Å²) < 4.78 is 19.6. The second-order valence-electron chi connectivity index (χ2n) is 5.92. The van der Waals surface area contributed by atoms with E-state index in [0.717, 1.165) is 45.8 Å². The summed E-state index contributed by atoms with van der Waals surface area (Å²) in [5, 5.41) is 9.52. The largest absolute Gasteiger partial charge is 0.389 e. The summed E-state index contributed by atoms with van der Waals surface area (Å²) in [5.74, 6) is -0.240. The van der Waals surface area contributed by atoms with Gasteiger partial charge >= 0.3 is 0 Å². The summed E-state index contributed by atoms with van der Waals surface area (Å²) in [7, 11) is 0. The Morgan fingerprint density at radius 1 is 1.29 bits per heavy atom. The quantitative estimate of drug-likeness (QED) is 0.922. The molecule has 2 fully saturated rings. The van der Waals surface area contributed by atoms with E-state index in [4.69, 9.17) is 4.74 Å². The van der Waals surface area contributed by atoms with Gasteiger partial charge in [-0.3, -0.25) is 4.90 Å². The number of aliphatic hydroxyl groups excluding tert-OH is 1. The van der Waals surface area contributed by atoms with Gasteiger partial charge in [-0.25, -0.2) is 4.39 Å². The third-order valence-corrected chi connectivity index (χ3v) is 4.52. The molecule has 2 atom stereocenters. The van der Waals surface area contributed by atoms with Gasteiger partial charge in [-0.15, -0.1) is 0 Å². The number of aliphatic hydroxyl groups is 1. The van der Waals surface area contributed by atoms with Crippen molar-refractivity contribution in [1.82, 2.24) is 4.90 Å². The molecule has 5 heteroatoms. The van der Waals surface area contributed by atoms with Crippen LogP contribution >= 0.6 is 0 Å². The number of hydrogen-bond donors (Lipinski definition) is 1. The Bertz CT molecular complexity index is 489. The summed E-state index contributed by atoms with van der Waals surface area (Å²) in [4.78, 5) is 4.56. The van der Waals surface area contributed by atoms with Crippen LogP contribution in [0.1, 0.15) is 25.0 Å². The third-order valence-electron chi connectivity index (χ3n) is 4.52. The fourth-order valence-electron chi connectivity index (χ4n) is 3.24. The molecule has 0 aromatic heterocycles. The summed E-state index contributed by atoms with van der Waals surface area (Å²) >= 11 is 0. The van der Waals surface area contributed by atoms with Gasteiger partial charge in [0, 0.05) is 32.2 Å². The highest BCUT2D eigenvalue weighted by atomic mass is 19.1. The Morgan fingerprint density at radius 2 is 2.05 bits per heavy atom. The van der Waals surface area contributed by atoms with Crippen LogP contribution in [0.25, 0.3) is 0 Å². The van der Waals surface area contributed by atoms with E-state index < -0.39 is 6.10 Å². The first-order valence-corrected chi connectivity index (χ1v) is 7.69. The van der Waals surface area contributed by atoms with E-state index in [-0.39, 0.29) is 5.82 Å². The second kappa shape index (κ2) is 6.30. The van der Waals surface area contributed by atoms with Crippen LogP contribution in [0.15, 0.2) is 18.2 Å². The molecule has 2 saturated heterocycles. The molecule has 4 nitrogen and oxygen atoms in total. The first-order valence-electron chi connectivity index (χ1n) is 7.69. The average Bonchev–Trinajstić information content (AvgIpc) is 2.97. The smallest absolute Gasteiger partial charge is 0.146 e. The van der Waals surface area contributed by atoms with Crippen LogP contribution < -0.4 is 4.90 Å². The molecule has 0 radical (unpaired) electrons. The zero-order valence-electron chi connectivity index (χ0n) is 12.5. The van der Waals surface area contributed by atoms with E-state index in [9.17, 15) is 9.50 Å². The molecule has 0 saturated carbocycles. The molecule has 1 unspecified atom stereocenters. The van der Waals surface area contributed by atoms with Gasteiger partial charge in [-0.05, 0) is 31.0 Å². The minimum absolute atomic E-state index is 0.240. The van der Waals surface area contributed by atoms with Gasteiger partial charge in [-0.1, -0.05) is 6.07 Å². The lowest BCUT2D eigenvalue weighted by molar-refractivity contribution is 0.0209. The van der Waals surface area contributed by atoms with Crippen LogP contribution in [0.4, 0.5) is 10.1 Å². The Kier molecular flexibility index (Phi) is 4.42. The Hall–Kier alpha value is -1.17. The molecule has 2 aliphatic heterocycles. The average molecular weight is 294 g/mol. The summed E-state index contributed by atoms with van der Waals surface area (Å²) in [6.07, 6.45) is 0.436. The van der Waals surface area contributed by atoms with E-state index in [2.05, 4.69) is 9.80 Å². The molecule has 1 aromatic carbocycles. The Labute approximate surface area is 125 Å². The summed E-state index contributed by atoms with van der Waals surface area (Å²) in [6, 6.07) is 5.54. The van der Waals surface area contributed by atoms with E-state index in [1.165, 1.54) is 6.07 Å². The maximum atomic E-state index is 14.2. The van der Waals surface area contributed by atoms with Gasteiger partial charge in [0.2, 0.25) is 0 Å². The third kappa shape index (κ3) is 3.20. The zero-order valence-corrected chi connectivity index (χ0v) is 12.5. The first kappa shape index (κ1) is 14.8. The normalized spacial score (nSPS) is 25.3. The van der Waals surface area contributed by atoms with Crippen molar-refractivity contribution in [2.45, 2.75) is 25.5 Å². The van der Waals surface area contributed by atoms with Crippen LogP contribution in [0.2, 0.25) is 0 Å². The molecular formula is C16H23FN2O2. The number of hydrogen-bond acceptors (Lipinski definition) is 4. The predicted octanol–water partition coefficient (Wildman–Crippen LogP) is 1.79. The molecule has 1 aromatic rings. The number of halogens is 1. The van der Waals surface area contributed by atoms with Gasteiger partial charge in [-0.2, -0.15) is 0 Å². The maximum Gasteiger partial charge on any atom is 0.146 e. The number of rotatable bonds is 3. The second-order valence-corrected chi connectivity index (χ2v) is 5.92. The first-order chi connectivity index (χ1) is 10.1. The molecule has 0 spiro atoms. The number of nitrogens with zero attached hydrogens (tertiary/aromatic N) is 2. The minimum atomic E-state index is -0.631. The minimum Gasteiger partial charge on any atom is -0.389 e. The van der Waals surface area contributed by atoms with E-state index in [0.29, 0.717) is 17.3 Å². The molecule has 116 valence electrons. The molecular weight excluding hydrogens is 271 g/mol. The fourth-order valence-corrected chi connectivity index (χ4v) is 3.24. The lowest BCUT2D eigenvalue weighted by Gasteiger charge is -2.32. The van der Waals surface area contributed by atoms with Crippen LogP contribution in [0.5, 0.6) is 0 Å². The number of anilines is 1. The number of benzene rings is 1. The Balaban J connectivity index is 1.68. The highest BCUT2D eigenvalue weighted by Crippen LogP contribution is 2.28. The van der Waals surface area contributed by atoms with Crippen LogP contribution in [0, 0.1) is 5.82 Å². The summed E-state index contributed by atoms with van der Waals surface area (Å²) in [5.41, 5.74) is 1.27. The number of ether oxygens (including phenoxy) is 1. The van der Waals surface area contributed by atoms with Gasteiger partial charge in [0.15, 0.2) is 0 Å². The van der Waals surface area contributed by atoms with Crippen LogP contribution in [0.3, 0.4) is 0 Å². The van der Waals surface area contributed by atoms with Crippen molar-refractivity contribution in [3.63, 3.8) is 0 Å². The molecule has 0 bridgehead atoms. The summed E-state index contributed by atoms with van der Waals surface area (Å²) in [6.45, 7) is 6.95. The van der Waals surface area contributed by atoms with Crippen molar-refractivity contribution >= 4 is 5.69 Å². The molecule has 21 heavy (non-hydrogen) atoms. The van der Waals surface area contributed by atoms with E-state index in [1.54, 1.807) is 13.0 Å². The topological polar surface area (TPSA) is 35.9 Å². The predicted molar refractivity (Wildman–Crippen MR) is 80.0 cm³/mol. The van der Waals surface area contributed by atoms with Crippen LogP contribution in [-0.4, -0.2) is 55.4 Å². The monoisotopic (exact) mass is 294 g/mol. The van der Waals surface area contributed by atoms with E-state index >= 15 is 0 Å². The molecule has 0 amide bonds. The molecule has 2 aliphatic rings. The lowest BCUT2D eigenvalue weighted by atomic mass is 10.1. The van der Waals surface area contributed by atoms with Crippen LogP contribution in [-0.2, 0) is 4.74 Å². The maximum absolute atomic E-state index is 14.2. The highest BCUT2D eigenvalue weighted by Gasteiger charge is 2.29. The van der Waals surface area contributed by atoms with Gasteiger partial charge in [0.1, 0.15) is 5.82 Å². The van der Waals surface area contributed by atoms with Crippen molar-refractivity contribution < 1.29 is 14.2 Å². The molecule has 3 rings (SSSR count). The molecule has 1 N–H and O–H groups in total.